The molecule has 12 rings (SSSR count). The summed E-state index contributed by atoms with van der Waals surface area (Å²) in [6.45, 7) is 43.7. The van der Waals surface area contributed by atoms with Crippen molar-refractivity contribution in [2.24, 2.45) is 10.2 Å². The minimum atomic E-state index is -0.583. The summed E-state index contributed by atoms with van der Waals surface area (Å²) in [6, 6.07) is -0.713. The Morgan fingerprint density at radius 3 is 1.21 bits per heavy atom. The van der Waals surface area contributed by atoms with Gasteiger partial charge in [-0.2, -0.15) is 0 Å². The third-order valence-electron chi connectivity index (χ3n) is 20.7. The molecule has 0 N–H and O–H groups in total. The lowest BCUT2D eigenvalue weighted by Gasteiger charge is -2.38. The summed E-state index contributed by atoms with van der Waals surface area (Å²) in [7, 11) is 9.89. The maximum absolute atomic E-state index is 12.5. The number of carbonyl (C=O) groups excluding carboxylic acids is 4. The van der Waals surface area contributed by atoms with Crippen LogP contribution in [0.25, 0.3) is 20.9 Å². The molecule has 14 atom stereocenters. The van der Waals surface area contributed by atoms with Gasteiger partial charge in [0.25, 0.3) is 34.7 Å². The summed E-state index contributed by atoms with van der Waals surface area (Å²) in [5, 5.41) is 7.50. The average Bonchev–Trinajstić information content (AvgIpc) is 1.79. The van der Waals surface area contributed by atoms with Crippen LogP contribution in [-0.2, 0) is 89.1 Å². The normalized spacial score (nSPS) is 25.7. The number of azide groups is 2. The van der Waals surface area contributed by atoms with Gasteiger partial charge in [0.15, 0.2) is 24.9 Å². The zero-order valence-electron chi connectivity index (χ0n) is 73.5. The smallest absolute Gasteiger partial charge is 0.333 e. The molecule has 10 aliphatic rings. The van der Waals surface area contributed by atoms with Gasteiger partial charge >= 0.3 is 11.4 Å². The molecule has 2 aromatic rings. The van der Waals surface area contributed by atoms with Crippen LogP contribution < -0.4 is 22.5 Å². The van der Waals surface area contributed by atoms with Crippen molar-refractivity contribution in [3.05, 3.63) is 231 Å². The van der Waals surface area contributed by atoms with Crippen molar-refractivity contribution in [1.82, 2.24) is 57.5 Å². The molecule has 38 heteroatoms. The molecule has 2 saturated heterocycles. The van der Waals surface area contributed by atoms with Crippen LogP contribution in [-0.4, -0.2) is 263 Å². The summed E-state index contributed by atoms with van der Waals surface area (Å²) < 4.78 is 71.6. The molecule has 0 radical (unpaired) electrons. The highest BCUT2D eigenvalue weighted by molar-refractivity contribution is 5.96. The van der Waals surface area contributed by atoms with E-state index in [0.717, 1.165) is 24.0 Å². The Labute approximate surface area is 719 Å². The van der Waals surface area contributed by atoms with Crippen LogP contribution in [0.15, 0.2) is 187 Å². The predicted octanol–water partition coefficient (Wildman–Crippen LogP) is 9.13. The van der Waals surface area contributed by atoms with Crippen LogP contribution in [0.4, 0.5) is 0 Å². The van der Waals surface area contributed by atoms with Crippen molar-refractivity contribution in [3.63, 3.8) is 0 Å². The van der Waals surface area contributed by atoms with E-state index in [2.05, 4.69) is 53.3 Å². The minimum absolute atomic E-state index is 0. The topological polar surface area (TPSA) is 390 Å². The van der Waals surface area contributed by atoms with Crippen LogP contribution in [0.1, 0.15) is 126 Å². The number of carbonyl (C=O) groups is 4. The number of rotatable bonds is 28. The lowest BCUT2D eigenvalue weighted by Crippen LogP contribution is -2.45. The van der Waals surface area contributed by atoms with Gasteiger partial charge in [0, 0.05) is 175 Å². The SMILES string of the molecule is C.C=C1N(C)C(=O)C(C)=CN1[C@H]1C=C[C@@H](COC)O1.C=C1N(C)C(=O)C(C)=CN1[C@H]1C=C[C@@H](COCC)O1.C=C1N(C)C(=O)C(C)=CN1[C@H]1CC(N=[N+]=[N-])[C@@H](COC)O1.C=C1N(CCC)C(=O)C(C)=CN1[C@H]1C=C[C@@H](COCCC)O1.CCOC[C@H]1O[C@@H](n2cc(C)c(=O)n(CC)c2=O)CC1N=[N+]=[N-].CCn1c(=O)c(C)cn([C@H]2C=C[C@@H](COC)O2)c1=O. The highest BCUT2D eigenvalue weighted by Gasteiger charge is 2.42. The van der Waals surface area contributed by atoms with Crippen molar-refractivity contribution in [1.29, 1.82) is 0 Å². The molecule has 4 amide bonds. The number of nitrogens with zero attached hydrogens (tertiary/aromatic N) is 18. The van der Waals surface area contributed by atoms with Gasteiger partial charge in [-0.15, -0.1) is 0 Å². The predicted molar refractivity (Wildman–Crippen MR) is 461 cm³/mol. The van der Waals surface area contributed by atoms with Gasteiger partial charge in [-0.05, 0) is 117 Å². The molecular weight excluding hydrogens is 1590 g/mol. The van der Waals surface area contributed by atoms with E-state index in [-0.39, 0.29) is 122 Å². The number of methoxy groups -OCH3 is 3. The fourth-order valence-electron chi connectivity index (χ4n) is 14.0. The molecular formula is C85H126N18O20. The molecule has 10 aliphatic heterocycles. The first-order chi connectivity index (χ1) is 58.3. The molecule has 0 spiro atoms. The number of ether oxygens (including phenoxy) is 12. The van der Waals surface area contributed by atoms with Crippen molar-refractivity contribution in [2.45, 2.75) is 215 Å². The second-order valence-electron chi connectivity index (χ2n) is 29.5. The summed E-state index contributed by atoms with van der Waals surface area (Å²) in [5.74, 6) is 2.29. The Balaban J connectivity index is 0.000000228. The Kier molecular flexibility index (Phi) is 39.9. The number of likely N-dealkylation sites (N-methyl/N-ethyl adjacent to an activating group) is 3. The molecule has 123 heavy (non-hydrogen) atoms. The Morgan fingerprint density at radius 1 is 0.431 bits per heavy atom. The first-order valence-corrected chi connectivity index (χ1v) is 40.7. The van der Waals surface area contributed by atoms with Crippen LogP contribution >= 0.6 is 0 Å². The second-order valence-corrected chi connectivity index (χ2v) is 29.5. The van der Waals surface area contributed by atoms with Gasteiger partial charge < -0.3 is 76.4 Å². The summed E-state index contributed by atoms with van der Waals surface area (Å²) in [4.78, 5) is 115. The van der Waals surface area contributed by atoms with Crippen molar-refractivity contribution in [2.75, 3.05) is 108 Å². The van der Waals surface area contributed by atoms with Gasteiger partial charge in [0.2, 0.25) is 0 Å². The molecule has 2 aromatic heterocycles. The summed E-state index contributed by atoms with van der Waals surface area (Å²) >= 11 is 0. The van der Waals surface area contributed by atoms with E-state index >= 15 is 0 Å². The number of hydrogen-bond acceptors (Lipinski definition) is 26. The van der Waals surface area contributed by atoms with E-state index in [0.29, 0.717) is 129 Å². The largest absolute Gasteiger partial charge is 0.382 e. The van der Waals surface area contributed by atoms with Gasteiger partial charge in [0.1, 0.15) is 60.2 Å². The molecule has 2 fully saturated rings. The molecule has 0 bridgehead atoms. The van der Waals surface area contributed by atoms with E-state index in [1.54, 1.807) is 132 Å². The van der Waals surface area contributed by atoms with E-state index < -0.39 is 30.3 Å². The molecule has 0 aliphatic carbocycles. The van der Waals surface area contributed by atoms with Gasteiger partial charge in [0.05, 0.1) is 63.9 Å². The number of aryl methyl sites for hydroxylation is 2. The van der Waals surface area contributed by atoms with Crippen molar-refractivity contribution in [3.8, 4) is 0 Å². The van der Waals surface area contributed by atoms with Crippen LogP contribution in [0.5, 0.6) is 0 Å². The second kappa shape index (κ2) is 48.5. The highest BCUT2D eigenvalue weighted by atomic mass is 16.6. The Bertz CT molecular complexity index is 4680. The first-order valence-electron chi connectivity index (χ1n) is 40.7. The summed E-state index contributed by atoms with van der Waals surface area (Å²) in [6.07, 6.45) is 25.3. The summed E-state index contributed by atoms with van der Waals surface area (Å²) in [5.41, 5.74) is 19.6. The standard InChI is InChI=1S/C17H26N2O3.C14H21N5O4.C14H20N2O3.C13H19N5O3.C13H18N2O4.C13H18N2O3.CH4/c1-5-9-18-14(4)19(11-13(3)17(18)20)16-8-7-15(22-16)12-21-10-6-2;1-4-18-13(20)9(3)7-19(14(18)21)12-6-10(16-17-15)11(23-12)8-22-5-2;1-5-18-9-12-6-7-13(19-12)16-8-10(2)14(17)15(4)11(16)3;1-8-6-18(9(2)17(3)13(8)19)12-5-10(15-16-14)11(21-12)7-20-4;1-4-14-12(16)9(2)7-15(13(14)17)11-6-5-10(19-11)8-18-3;1-9-7-15(10(2)14(3)13(9)16)12-6-5-11(18-12)8-17-4;/h7-8,11,15-16H,4-6,9-10,12H2,1-3H3;7,10-12H,4-6,8H2,1-3H3;6-8,12-13H,3,5,9H2,1-2,4H3;6,10-12H,2,5,7H2,1,3-4H3;5-7,10-11H,4,8H2,1-3H3;5-7,11-12H,2,8H2,1,3-4H3;1H4/t15-,16+;10?,11-,12-;12-,13+;10?,11-,12-;10-,11+;11-,12+;/m010100./s1. The molecule has 0 saturated carbocycles. The maximum atomic E-state index is 12.5. The molecule has 676 valence electrons. The Hall–Kier alpha value is -10.5. The average molecular weight is 1720 g/mol. The number of aromatic nitrogens is 4. The maximum Gasteiger partial charge on any atom is 0.333 e. The Morgan fingerprint density at radius 2 is 0.789 bits per heavy atom. The number of amides is 4. The molecule has 2 unspecified atom stereocenters. The third-order valence-corrected chi connectivity index (χ3v) is 20.7. The van der Waals surface area contributed by atoms with E-state index in [4.69, 9.17) is 67.9 Å². The molecule has 38 nitrogen and oxygen atoms in total. The fraction of sp³-hybridized carbons (Fsp3) is 0.576. The number of hydrogen-bond donors (Lipinski definition) is 0. The van der Waals surface area contributed by atoms with Crippen molar-refractivity contribution < 1.29 is 76.0 Å². The van der Waals surface area contributed by atoms with Gasteiger partial charge in [-0.1, -0.05) is 82.1 Å². The van der Waals surface area contributed by atoms with Gasteiger partial charge in [-0.3, -0.25) is 66.6 Å². The van der Waals surface area contributed by atoms with E-state index in [1.807, 2.05) is 91.1 Å². The van der Waals surface area contributed by atoms with E-state index in [9.17, 15) is 38.4 Å². The van der Waals surface area contributed by atoms with Crippen LogP contribution in [0.3, 0.4) is 0 Å². The van der Waals surface area contributed by atoms with E-state index in [1.165, 1.54) is 34.6 Å². The monoisotopic (exact) mass is 1720 g/mol. The first kappa shape index (κ1) is 101. The lowest BCUT2D eigenvalue weighted by atomic mass is 10.1. The van der Waals surface area contributed by atoms with Gasteiger partial charge in [-0.25, -0.2) is 9.59 Å². The fourth-order valence-corrected chi connectivity index (χ4v) is 14.0. The van der Waals surface area contributed by atoms with Crippen LogP contribution in [0, 0.1) is 13.8 Å². The van der Waals surface area contributed by atoms with Crippen molar-refractivity contribution >= 4 is 23.6 Å². The van der Waals surface area contributed by atoms with Crippen LogP contribution in [0.2, 0.25) is 0 Å². The lowest BCUT2D eigenvalue weighted by molar-refractivity contribution is -0.129. The zero-order chi connectivity index (χ0) is 89.9. The molecule has 12 heterocycles. The zero-order valence-corrected chi connectivity index (χ0v) is 73.5. The molecule has 0 aromatic carbocycles. The third kappa shape index (κ3) is 25.6. The highest BCUT2D eigenvalue weighted by Crippen LogP contribution is 2.35. The quantitative estimate of drug-likeness (QED) is 0.0252. The minimum Gasteiger partial charge on any atom is -0.382 e.